The van der Waals surface area contributed by atoms with Crippen LogP contribution in [0.2, 0.25) is 0 Å². The molecule has 0 radical (unpaired) electrons. The van der Waals surface area contributed by atoms with E-state index in [1.54, 1.807) is 0 Å². The molecule has 1 fully saturated rings. The second-order valence-corrected chi connectivity index (χ2v) is 4.83. The van der Waals surface area contributed by atoms with Gasteiger partial charge in [0.05, 0.1) is 0 Å². The molecule has 1 heterocycles. The number of nitrogens with zero attached hydrogens (tertiary/aromatic N) is 3. The summed E-state index contributed by atoms with van der Waals surface area (Å²) in [6.07, 6.45) is 6.78. The van der Waals surface area contributed by atoms with Crippen molar-refractivity contribution in [2.24, 2.45) is 16.9 Å². The Labute approximate surface area is 101 Å². The summed E-state index contributed by atoms with van der Waals surface area (Å²) >= 11 is 0. The van der Waals surface area contributed by atoms with Crippen molar-refractivity contribution in [2.75, 3.05) is 5.43 Å². The minimum Gasteiger partial charge on any atom is -0.245 e. The molecular formula is C13H16N4. The lowest BCUT2D eigenvalue weighted by Crippen LogP contribution is -2.33. The molecule has 1 aromatic rings. The Morgan fingerprint density at radius 2 is 2.06 bits per heavy atom. The summed E-state index contributed by atoms with van der Waals surface area (Å²) in [7, 11) is 0. The molecule has 2 aliphatic carbocycles. The van der Waals surface area contributed by atoms with Crippen molar-refractivity contribution in [1.82, 2.24) is 9.97 Å². The quantitative estimate of drug-likeness (QED) is 0.625. The molecule has 1 aromatic heterocycles. The van der Waals surface area contributed by atoms with Gasteiger partial charge in [-0.3, -0.25) is 0 Å². The fourth-order valence-electron chi connectivity index (χ4n) is 2.56. The van der Waals surface area contributed by atoms with Crippen LogP contribution in [0.1, 0.15) is 24.2 Å². The molecular weight excluding hydrogens is 212 g/mol. The normalized spacial score (nSPS) is 28.0. The predicted octanol–water partition coefficient (Wildman–Crippen LogP) is 2.46. The summed E-state index contributed by atoms with van der Waals surface area (Å²) < 4.78 is 0. The summed E-state index contributed by atoms with van der Waals surface area (Å²) in [6.45, 7) is 3.93. The van der Waals surface area contributed by atoms with E-state index in [4.69, 9.17) is 0 Å². The van der Waals surface area contributed by atoms with E-state index in [9.17, 15) is 0 Å². The van der Waals surface area contributed by atoms with Crippen LogP contribution in [0, 0.1) is 25.7 Å². The fourth-order valence-corrected chi connectivity index (χ4v) is 2.56. The van der Waals surface area contributed by atoms with Gasteiger partial charge in [-0.1, -0.05) is 12.2 Å². The van der Waals surface area contributed by atoms with Crippen LogP contribution in [-0.2, 0) is 0 Å². The largest absolute Gasteiger partial charge is 0.245 e. The average Bonchev–Trinajstić information content (AvgIpc) is 2.59. The first-order valence-electron chi connectivity index (χ1n) is 6.04. The van der Waals surface area contributed by atoms with Gasteiger partial charge in [0, 0.05) is 23.0 Å². The van der Waals surface area contributed by atoms with Crippen LogP contribution in [-0.4, -0.2) is 15.7 Å². The Morgan fingerprint density at radius 3 is 2.76 bits per heavy atom. The third-order valence-electron chi connectivity index (χ3n) is 3.44. The smallest absolute Gasteiger partial charge is 0.243 e. The van der Waals surface area contributed by atoms with Crippen molar-refractivity contribution in [3.8, 4) is 0 Å². The fraction of sp³-hybridized carbons (Fsp3) is 0.462. The molecule has 0 unspecified atom stereocenters. The van der Waals surface area contributed by atoms with Gasteiger partial charge in [-0.15, -0.1) is 0 Å². The number of nitrogens with one attached hydrogen (secondary N) is 1. The molecule has 17 heavy (non-hydrogen) atoms. The van der Waals surface area contributed by atoms with E-state index in [-0.39, 0.29) is 0 Å². The SMILES string of the molecule is Cc1cc(C)nc(N/N=C2/C[C@H]3C=CC[C@@H]23)n1. The van der Waals surface area contributed by atoms with Gasteiger partial charge in [-0.25, -0.2) is 15.4 Å². The first kappa shape index (κ1) is 10.4. The molecule has 0 aliphatic heterocycles. The summed E-state index contributed by atoms with van der Waals surface area (Å²) in [5.41, 5.74) is 6.17. The summed E-state index contributed by atoms with van der Waals surface area (Å²) in [5, 5.41) is 4.43. The Kier molecular flexibility index (Phi) is 2.42. The standard InChI is InChI=1S/C13H16N4/c1-8-6-9(2)15-13(14-8)17-16-12-7-10-4-3-5-11(10)12/h3-4,6,10-11H,5,7H2,1-2H3,(H,14,15,17)/b16-12-/t10-,11-/m1/s1. The number of hydrazone groups is 1. The molecule has 0 aromatic carbocycles. The molecule has 4 nitrogen and oxygen atoms in total. The first-order valence-corrected chi connectivity index (χ1v) is 6.04. The van der Waals surface area contributed by atoms with E-state index in [1.807, 2.05) is 19.9 Å². The minimum absolute atomic E-state index is 0.601. The Hall–Kier alpha value is -1.71. The maximum absolute atomic E-state index is 4.43. The van der Waals surface area contributed by atoms with E-state index in [0.717, 1.165) is 30.1 Å². The maximum Gasteiger partial charge on any atom is 0.243 e. The van der Waals surface area contributed by atoms with Gasteiger partial charge >= 0.3 is 0 Å². The van der Waals surface area contributed by atoms with Crippen molar-refractivity contribution in [2.45, 2.75) is 26.7 Å². The van der Waals surface area contributed by atoms with E-state index >= 15 is 0 Å². The molecule has 1 N–H and O–H groups in total. The molecule has 3 rings (SSSR count). The van der Waals surface area contributed by atoms with Crippen molar-refractivity contribution < 1.29 is 0 Å². The lowest BCUT2D eigenvalue weighted by molar-refractivity contribution is 0.466. The molecule has 1 saturated carbocycles. The lowest BCUT2D eigenvalue weighted by Gasteiger charge is -2.31. The van der Waals surface area contributed by atoms with Gasteiger partial charge in [-0.2, -0.15) is 5.10 Å². The number of anilines is 1. The van der Waals surface area contributed by atoms with Crippen LogP contribution in [0.15, 0.2) is 23.3 Å². The van der Waals surface area contributed by atoms with Crippen LogP contribution in [0.4, 0.5) is 5.95 Å². The highest BCUT2D eigenvalue weighted by Crippen LogP contribution is 2.40. The highest BCUT2D eigenvalue weighted by molar-refractivity contribution is 5.94. The van der Waals surface area contributed by atoms with E-state index in [2.05, 4.69) is 32.6 Å². The number of aryl methyl sites for hydroxylation is 2. The molecule has 2 atom stereocenters. The van der Waals surface area contributed by atoms with Crippen molar-refractivity contribution >= 4 is 11.7 Å². The molecule has 0 spiro atoms. The van der Waals surface area contributed by atoms with Crippen LogP contribution >= 0.6 is 0 Å². The summed E-state index contributed by atoms with van der Waals surface area (Å²) in [6, 6.07) is 1.96. The predicted molar refractivity (Wildman–Crippen MR) is 67.9 cm³/mol. The molecule has 0 bridgehead atoms. The van der Waals surface area contributed by atoms with Crippen LogP contribution in [0.25, 0.3) is 0 Å². The zero-order chi connectivity index (χ0) is 11.8. The zero-order valence-corrected chi connectivity index (χ0v) is 10.1. The molecule has 0 amide bonds. The van der Waals surface area contributed by atoms with Crippen molar-refractivity contribution in [3.63, 3.8) is 0 Å². The maximum atomic E-state index is 4.43. The minimum atomic E-state index is 0.601. The van der Waals surface area contributed by atoms with E-state index in [0.29, 0.717) is 11.9 Å². The molecule has 88 valence electrons. The number of aromatic nitrogens is 2. The van der Waals surface area contributed by atoms with Gasteiger partial charge < -0.3 is 0 Å². The number of allylic oxidation sites excluding steroid dienone is 2. The van der Waals surface area contributed by atoms with Crippen LogP contribution in [0.3, 0.4) is 0 Å². The number of rotatable bonds is 2. The third-order valence-corrected chi connectivity index (χ3v) is 3.44. The van der Waals surface area contributed by atoms with E-state index in [1.165, 1.54) is 5.71 Å². The summed E-state index contributed by atoms with van der Waals surface area (Å²) in [4.78, 5) is 8.61. The second-order valence-electron chi connectivity index (χ2n) is 4.83. The molecule has 4 heteroatoms. The summed E-state index contributed by atoms with van der Waals surface area (Å²) in [5.74, 6) is 1.97. The van der Waals surface area contributed by atoms with Gasteiger partial charge in [0.15, 0.2) is 0 Å². The highest BCUT2D eigenvalue weighted by Gasteiger charge is 2.37. The molecule has 2 aliphatic rings. The Bertz CT molecular complexity index is 484. The van der Waals surface area contributed by atoms with Crippen molar-refractivity contribution in [3.05, 3.63) is 29.6 Å². The highest BCUT2D eigenvalue weighted by atomic mass is 15.4. The average molecular weight is 228 g/mol. The number of hydrogen-bond donors (Lipinski definition) is 1. The van der Waals surface area contributed by atoms with Gasteiger partial charge in [-0.05, 0) is 38.7 Å². The third kappa shape index (κ3) is 1.95. The van der Waals surface area contributed by atoms with E-state index < -0.39 is 0 Å². The number of hydrogen-bond acceptors (Lipinski definition) is 4. The van der Waals surface area contributed by atoms with Crippen molar-refractivity contribution in [1.29, 1.82) is 0 Å². The van der Waals surface area contributed by atoms with Crippen LogP contribution < -0.4 is 5.43 Å². The zero-order valence-electron chi connectivity index (χ0n) is 10.1. The van der Waals surface area contributed by atoms with Crippen LogP contribution in [0.5, 0.6) is 0 Å². The topological polar surface area (TPSA) is 50.2 Å². The molecule has 0 saturated heterocycles. The first-order chi connectivity index (χ1) is 8.22. The monoisotopic (exact) mass is 228 g/mol. The number of fused-ring (bicyclic) bond motifs is 1. The Balaban J connectivity index is 1.70. The van der Waals surface area contributed by atoms with Gasteiger partial charge in [0.2, 0.25) is 5.95 Å². The van der Waals surface area contributed by atoms with Gasteiger partial charge in [0.1, 0.15) is 0 Å². The Morgan fingerprint density at radius 1 is 1.29 bits per heavy atom. The second kappa shape index (κ2) is 3.95. The van der Waals surface area contributed by atoms with Gasteiger partial charge in [0.25, 0.3) is 0 Å². The lowest BCUT2D eigenvalue weighted by atomic mass is 9.74.